The van der Waals surface area contributed by atoms with Crippen molar-refractivity contribution in [1.82, 2.24) is 5.32 Å². The van der Waals surface area contributed by atoms with E-state index in [1.165, 1.54) is 6.07 Å². The van der Waals surface area contributed by atoms with Crippen LogP contribution < -0.4 is 5.32 Å². The molecule has 2 atom stereocenters. The topological polar surface area (TPSA) is 35.8 Å². The van der Waals surface area contributed by atoms with Gasteiger partial charge in [0.15, 0.2) is 0 Å². The molecule has 82 valence electrons. The van der Waals surface area contributed by atoms with Crippen LogP contribution in [0.3, 0.4) is 0 Å². The molecule has 1 saturated carbocycles. The van der Waals surface area contributed by atoms with Gasteiger partial charge in [0.25, 0.3) is 0 Å². The van der Waals surface area contributed by atoms with E-state index < -0.39 is 0 Å². The normalized spacial score (nSPS) is 30.2. The first kappa shape index (κ1) is 9.80. The molecule has 2 nitrogen and oxygen atoms in total. The van der Waals surface area contributed by atoms with Gasteiger partial charge in [-0.1, -0.05) is 12.1 Å². The average Bonchev–Trinajstić information content (AvgIpc) is 2.93. The first-order valence-electron chi connectivity index (χ1n) is 5.65. The SMILES string of the molecule is N#C[C@H]1C(c2cccc(F)c2)CNC12CC2. The van der Waals surface area contributed by atoms with Gasteiger partial charge < -0.3 is 5.32 Å². The van der Waals surface area contributed by atoms with Crippen LogP contribution in [0.4, 0.5) is 4.39 Å². The third kappa shape index (κ3) is 1.34. The van der Waals surface area contributed by atoms with Gasteiger partial charge in [-0.3, -0.25) is 0 Å². The molecule has 16 heavy (non-hydrogen) atoms. The van der Waals surface area contributed by atoms with Gasteiger partial charge in [0.2, 0.25) is 0 Å². The molecule has 3 heteroatoms. The Kier molecular flexibility index (Phi) is 2.02. The van der Waals surface area contributed by atoms with Crippen LogP contribution in [0.1, 0.15) is 24.3 Å². The van der Waals surface area contributed by atoms with Crippen molar-refractivity contribution in [3.63, 3.8) is 0 Å². The van der Waals surface area contributed by atoms with Crippen LogP contribution in [-0.2, 0) is 0 Å². The number of halogens is 1. The summed E-state index contributed by atoms with van der Waals surface area (Å²) in [5.74, 6) is -0.0802. The maximum absolute atomic E-state index is 13.2. The van der Waals surface area contributed by atoms with Crippen molar-refractivity contribution >= 4 is 0 Å². The highest BCUT2D eigenvalue weighted by molar-refractivity contribution is 5.31. The molecule has 1 spiro atoms. The molecular formula is C13H13FN2. The minimum atomic E-state index is -0.217. The molecule has 2 fully saturated rings. The van der Waals surface area contributed by atoms with Crippen LogP contribution >= 0.6 is 0 Å². The smallest absolute Gasteiger partial charge is 0.123 e. The van der Waals surface area contributed by atoms with Crippen molar-refractivity contribution in [3.8, 4) is 6.07 Å². The highest BCUT2D eigenvalue weighted by atomic mass is 19.1. The summed E-state index contributed by atoms with van der Waals surface area (Å²) in [6.07, 6.45) is 2.16. The van der Waals surface area contributed by atoms with E-state index in [1.807, 2.05) is 6.07 Å². The van der Waals surface area contributed by atoms with Crippen molar-refractivity contribution in [2.75, 3.05) is 6.54 Å². The minimum absolute atomic E-state index is 0.00528. The molecule has 1 unspecified atom stereocenters. The van der Waals surface area contributed by atoms with Crippen molar-refractivity contribution in [3.05, 3.63) is 35.6 Å². The summed E-state index contributed by atoms with van der Waals surface area (Å²) < 4.78 is 13.2. The fourth-order valence-corrected chi connectivity index (χ4v) is 2.81. The Bertz CT molecular complexity index is 459. The van der Waals surface area contributed by atoms with Gasteiger partial charge >= 0.3 is 0 Å². The van der Waals surface area contributed by atoms with E-state index >= 15 is 0 Å². The summed E-state index contributed by atoms with van der Waals surface area (Å²) in [7, 11) is 0. The molecule has 1 aromatic rings. The fraction of sp³-hybridized carbons (Fsp3) is 0.462. The van der Waals surface area contributed by atoms with Gasteiger partial charge in [-0.2, -0.15) is 5.26 Å². The number of hydrogen-bond acceptors (Lipinski definition) is 2. The van der Waals surface area contributed by atoms with E-state index in [4.69, 9.17) is 0 Å². The third-order valence-electron chi connectivity index (χ3n) is 3.88. The number of rotatable bonds is 1. The lowest BCUT2D eigenvalue weighted by Crippen LogP contribution is -2.28. The number of hydrogen-bond donors (Lipinski definition) is 1. The zero-order valence-corrected chi connectivity index (χ0v) is 8.91. The standard InChI is InChI=1S/C13H13FN2/c14-10-3-1-2-9(6-10)11-8-16-13(4-5-13)12(11)7-15/h1-3,6,11-12,16H,4-5,8H2/t11?,12-/m0/s1. The van der Waals surface area contributed by atoms with Gasteiger partial charge in [0.05, 0.1) is 12.0 Å². The number of nitrogens with zero attached hydrogens (tertiary/aromatic N) is 1. The summed E-state index contributed by atoms with van der Waals surface area (Å²) >= 11 is 0. The Balaban J connectivity index is 1.94. The molecular weight excluding hydrogens is 203 g/mol. The predicted molar refractivity (Wildman–Crippen MR) is 58.2 cm³/mol. The Morgan fingerprint density at radius 2 is 2.25 bits per heavy atom. The summed E-state index contributed by atoms with van der Waals surface area (Å²) in [6.45, 7) is 0.793. The first-order valence-corrected chi connectivity index (χ1v) is 5.65. The molecule has 0 bridgehead atoms. The summed E-state index contributed by atoms with van der Waals surface area (Å²) in [4.78, 5) is 0. The largest absolute Gasteiger partial charge is 0.309 e. The van der Waals surface area contributed by atoms with Crippen molar-refractivity contribution in [1.29, 1.82) is 5.26 Å². The summed E-state index contributed by atoms with van der Waals surface area (Å²) in [5, 5.41) is 12.7. The monoisotopic (exact) mass is 216 g/mol. The zero-order chi connectivity index (χ0) is 11.2. The van der Waals surface area contributed by atoms with Crippen molar-refractivity contribution < 1.29 is 4.39 Å². The second-order valence-electron chi connectivity index (χ2n) is 4.81. The highest BCUT2D eigenvalue weighted by Gasteiger charge is 2.56. The van der Waals surface area contributed by atoms with Crippen LogP contribution in [0.25, 0.3) is 0 Å². The van der Waals surface area contributed by atoms with Crippen LogP contribution in [0.15, 0.2) is 24.3 Å². The molecule has 1 N–H and O–H groups in total. The van der Waals surface area contributed by atoms with Crippen LogP contribution in [-0.4, -0.2) is 12.1 Å². The lowest BCUT2D eigenvalue weighted by molar-refractivity contribution is 0.495. The zero-order valence-electron chi connectivity index (χ0n) is 8.91. The lowest BCUT2D eigenvalue weighted by atomic mass is 9.85. The second kappa shape index (κ2) is 3.29. The molecule has 0 amide bonds. The maximum atomic E-state index is 13.2. The third-order valence-corrected chi connectivity index (χ3v) is 3.88. The molecule has 2 aliphatic rings. The highest BCUT2D eigenvalue weighted by Crippen LogP contribution is 2.51. The quantitative estimate of drug-likeness (QED) is 0.781. The number of nitrogens with one attached hydrogen (secondary N) is 1. The number of benzene rings is 1. The van der Waals surface area contributed by atoms with Crippen LogP contribution in [0.2, 0.25) is 0 Å². The average molecular weight is 216 g/mol. The van der Waals surface area contributed by atoms with Crippen molar-refractivity contribution in [2.24, 2.45) is 5.92 Å². The Labute approximate surface area is 94.1 Å². The predicted octanol–water partition coefficient (Wildman–Crippen LogP) is 2.18. The minimum Gasteiger partial charge on any atom is -0.309 e. The molecule has 3 rings (SSSR count). The number of nitriles is 1. The van der Waals surface area contributed by atoms with E-state index in [9.17, 15) is 9.65 Å². The molecule has 1 saturated heterocycles. The molecule has 1 aliphatic heterocycles. The van der Waals surface area contributed by atoms with Gasteiger partial charge in [-0.05, 0) is 30.5 Å². The molecule has 0 radical (unpaired) electrons. The maximum Gasteiger partial charge on any atom is 0.123 e. The van der Waals surface area contributed by atoms with Crippen LogP contribution in [0, 0.1) is 23.1 Å². The summed E-state index contributed by atoms with van der Waals surface area (Å²) in [5.41, 5.74) is 0.994. The molecule has 1 aromatic carbocycles. The van der Waals surface area contributed by atoms with Gasteiger partial charge in [-0.15, -0.1) is 0 Å². The Hall–Kier alpha value is -1.40. The van der Waals surface area contributed by atoms with Crippen molar-refractivity contribution in [2.45, 2.75) is 24.3 Å². The van der Waals surface area contributed by atoms with E-state index in [2.05, 4.69) is 11.4 Å². The van der Waals surface area contributed by atoms with Gasteiger partial charge in [-0.25, -0.2) is 4.39 Å². The fourth-order valence-electron chi connectivity index (χ4n) is 2.81. The van der Waals surface area contributed by atoms with E-state index in [0.29, 0.717) is 0 Å². The van der Waals surface area contributed by atoms with Gasteiger partial charge in [0, 0.05) is 18.0 Å². The lowest BCUT2D eigenvalue weighted by Gasteiger charge is -2.16. The Morgan fingerprint density at radius 3 is 2.88 bits per heavy atom. The molecule has 0 aromatic heterocycles. The van der Waals surface area contributed by atoms with E-state index in [0.717, 1.165) is 24.9 Å². The van der Waals surface area contributed by atoms with E-state index in [1.54, 1.807) is 12.1 Å². The Morgan fingerprint density at radius 1 is 1.44 bits per heavy atom. The van der Waals surface area contributed by atoms with E-state index in [-0.39, 0.29) is 23.2 Å². The molecule has 1 aliphatic carbocycles. The molecule has 1 heterocycles. The van der Waals surface area contributed by atoms with Crippen LogP contribution in [0.5, 0.6) is 0 Å². The second-order valence-corrected chi connectivity index (χ2v) is 4.81. The first-order chi connectivity index (χ1) is 7.75. The van der Waals surface area contributed by atoms with Gasteiger partial charge in [0.1, 0.15) is 5.82 Å². The summed E-state index contributed by atoms with van der Waals surface area (Å²) in [6, 6.07) is 9.04.